The number of urea groups is 1. The van der Waals surface area contributed by atoms with Crippen LogP contribution < -0.4 is 22.1 Å². The van der Waals surface area contributed by atoms with Crippen molar-refractivity contribution in [1.29, 1.82) is 0 Å². The van der Waals surface area contributed by atoms with E-state index in [2.05, 4.69) is 10.4 Å². The second kappa shape index (κ2) is 4.77. The van der Waals surface area contributed by atoms with Gasteiger partial charge in [-0.3, -0.25) is 20.6 Å². The molecule has 14 heavy (non-hydrogen) atoms. The fraction of sp³-hybridized carbons (Fsp3) is 0. The van der Waals surface area contributed by atoms with Crippen LogP contribution in [0.25, 0.3) is 0 Å². The molecule has 0 saturated carbocycles. The van der Waals surface area contributed by atoms with Crippen molar-refractivity contribution in [3.8, 4) is 0 Å². The lowest BCUT2D eigenvalue weighted by Gasteiger charge is -2.04. The third-order valence-corrected chi connectivity index (χ3v) is 1.32. The standard InChI is InChI=1S/C7H9N5O2/c8-10-7(14)12-11-6(13)5-3-1-2-4-9-5/h1-4H,8H2,(H,11,13)(H2,10,12,14). The third kappa shape index (κ3) is 2.72. The van der Waals surface area contributed by atoms with Gasteiger partial charge in [0.2, 0.25) is 0 Å². The van der Waals surface area contributed by atoms with Gasteiger partial charge in [0.1, 0.15) is 5.69 Å². The maximum absolute atomic E-state index is 11.2. The van der Waals surface area contributed by atoms with Crippen molar-refractivity contribution in [3.05, 3.63) is 30.1 Å². The minimum atomic E-state index is -0.714. The molecule has 5 N–H and O–H groups in total. The van der Waals surface area contributed by atoms with Crippen molar-refractivity contribution in [2.75, 3.05) is 0 Å². The number of carbonyl (C=O) groups is 2. The predicted molar refractivity (Wildman–Crippen MR) is 47.6 cm³/mol. The minimum Gasteiger partial charge on any atom is -0.275 e. The first-order chi connectivity index (χ1) is 6.74. The number of hydrazine groups is 2. The highest BCUT2D eigenvalue weighted by Gasteiger charge is 2.05. The maximum Gasteiger partial charge on any atom is 0.347 e. The van der Waals surface area contributed by atoms with Crippen molar-refractivity contribution in [2.45, 2.75) is 0 Å². The van der Waals surface area contributed by atoms with Gasteiger partial charge in [0.05, 0.1) is 0 Å². The SMILES string of the molecule is NNC(=O)NNC(=O)c1ccccn1. The van der Waals surface area contributed by atoms with Crippen molar-refractivity contribution >= 4 is 11.9 Å². The Hall–Kier alpha value is -2.15. The van der Waals surface area contributed by atoms with Crippen LogP contribution in [0.15, 0.2) is 24.4 Å². The zero-order valence-electron chi connectivity index (χ0n) is 7.15. The number of carbonyl (C=O) groups excluding carboxylic acids is 2. The second-order valence-electron chi connectivity index (χ2n) is 2.27. The molecule has 0 bridgehead atoms. The molecule has 7 heteroatoms. The van der Waals surface area contributed by atoms with Crippen molar-refractivity contribution in [3.63, 3.8) is 0 Å². The quantitative estimate of drug-likeness (QED) is 0.259. The lowest BCUT2D eigenvalue weighted by Crippen LogP contribution is -2.49. The van der Waals surface area contributed by atoms with Gasteiger partial charge in [-0.2, -0.15) is 0 Å². The van der Waals surface area contributed by atoms with Crippen LogP contribution in [0.3, 0.4) is 0 Å². The molecule has 0 aromatic carbocycles. The van der Waals surface area contributed by atoms with E-state index >= 15 is 0 Å². The number of nitrogens with two attached hydrogens (primary N) is 1. The van der Waals surface area contributed by atoms with Crippen molar-refractivity contribution in [2.24, 2.45) is 5.84 Å². The van der Waals surface area contributed by atoms with Crippen LogP contribution in [0.4, 0.5) is 4.79 Å². The summed E-state index contributed by atoms with van der Waals surface area (Å²) < 4.78 is 0. The Morgan fingerprint density at radius 1 is 1.29 bits per heavy atom. The number of nitrogens with zero attached hydrogens (tertiary/aromatic N) is 1. The van der Waals surface area contributed by atoms with Crippen LogP contribution >= 0.6 is 0 Å². The van der Waals surface area contributed by atoms with E-state index in [-0.39, 0.29) is 5.69 Å². The van der Waals surface area contributed by atoms with Crippen LogP contribution in [0.5, 0.6) is 0 Å². The van der Waals surface area contributed by atoms with Crippen molar-refractivity contribution in [1.82, 2.24) is 21.3 Å². The molecule has 1 aromatic rings. The average Bonchev–Trinajstić information content (AvgIpc) is 2.26. The Morgan fingerprint density at radius 2 is 2.07 bits per heavy atom. The first kappa shape index (κ1) is 9.93. The van der Waals surface area contributed by atoms with Crippen LogP contribution in [0, 0.1) is 0 Å². The predicted octanol–water partition coefficient (Wildman–Crippen LogP) is -1.10. The molecule has 7 nitrogen and oxygen atoms in total. The van der Waals surface area contributed by atoms with Gasteiger partial charge in [-0.05, 0) is 12.1 Å². The Kier molecular flexibility index (Phi) is 3.39. The first-order valence-electron chi connectivity index (χ1n) is 3.72. The summed E-state index contributed by atoms with van der Waals surface area (Å²) in [6, 6.07) is 4.13. The van der Waals surface area contributed by atoms with Crippen molar-refractivity contribution < 1.29 is 9.59 Å². The topological polar surface area (TPSA) is 109 Å². The van der Waals surface area contributed by atoms with E-state index in [1.165, 1.54) is 12.3 Å². The van der Waals surface area contributed by atoms with Gasteiger partial charge in [-0.1, -0.05) is 6.07 Å². The molecule has 0 atom stereocenters. The summed E-state index contributed by atoms with van der Waals surface area (Å²) in [5, 5.41) is 0. The van der Waals surface area contributed by atoms with E-state index in [1.807, 2.05) is 5.43 Å². The average molecular weight is 195 g/mol. The van der Waals surface area contributed by atoms with Gasteiger partial charge in [-0.25, -0.2) is 16.1 Å². The summed E-state index contributed by atoms with van der Waals surface area (Å²) in [7, 11) is 0. The molecule has 74 valence electrons. The van der Waals surface area contributed by atoms with Gasteiger partial charge in [0.25, 0.3) is 5.91 Å². The van der Waals surface area contributed by atoms with E-state index < -0.39 is 11.9 Å². The Bertz CT molecular complexity index is 326. The zero-order valence-corrected chi connectivity index (χ0v) is 7.15. The number of pyridine rings is 1. The number of rotatable bonds is 1. The minimum absolute atomic E-state index is 0.199. The van der Waals surface area contributed by atoms with Gasteiger partial charge in [0, 0.05) is 6.20 Å². The molecule has 0 aliphatic rings. The van der Waals surface area contributed by atoms with E-state index in [1.54, 1.807) is 17.6 Å². The summed E-state index contributed by atoms with van der Waals surface area (Å²) in [6.07, 6.45) is 1.47. The molecule has 1 rings (SSSR count). The molecular formula is C7H9N5O2. The van der Waals surface area contributed by atoms with Gasteiger partial charge in [0.15, 0.2) is 0 Å². The Morgan fingerprint density at radius 3 is 2.64 bits per heavy atom. The van der Waals surface area contributed by atoms with Crippen LogP contribution in [0.1, 0.15) is 10.5 Å². The molecule has 1 aromatic heterocycles. The molecule has 0 fully saturated rings. The normalized spacial score (nSPS) is 8.93. The molecule has 0 unspecified atom stereocenters. The van der Waals surface area contributed by atoms with Crippen LogP contribution in [-0.2, 0) is 0 Å². The number of hydrogen-bond acceptors (Lipinski definition) is 4. The lowest BCUT2D eigenvalue weighted by molar-refractivity contribution is 0.0931. The number of hydrogen-bond donors (Lipinski definition) is 4. The summed E-state index contributed by atoms with van der Waals surface area (Å²) in [4.78, 5) is 25.5. The van der Waals surface area contributed by atoms with Gasteiger partial charge < -0.3 is 0 Å². The molecule has 0 aliphatic heterocycles. The monoisotopic (exact) mass is 195 g/mol. The van der Waals surface area contributed by atoms with Gasteiger partial charge in [-0.15, -0.1) is 0 Å². The summed E-state index contributed by atoms with van der Waals surface area (Å²) in [5.41, 5.74) is 6.11. The largest absolute Gasteiger partial charge is 0.347 e. The molecule has 0 radical (unpaired) electrons. The lowest BCUT2D eigenvalue weighted by atomic mass is 10.3. The highest BCUT2D eigenvalue weighted by atomic mass is 16.2. The maximum atomic E-state index is 11.2. The van der Waals surface area contributed by atoms with Crippen LogP contribution in [0.2, 0.25) is 0 Å². The fourth-order valence-electron chi connectivity index (χ4n) is 0.711. The van der Waals surface area contributed by atoms with E-state index in [0.717, 1.165) is 0 Å². The first-order valence-corrected chi connectivity index (χ1v) is 3.72. The van der Waals surface area contributed by atoms with E-state index in [0.29, 0.717) is 0 Å². The summed E-state index contributed by atoms with van der Waals surface area (Å²) in [5.74, 6) is 4.25. The molecule has 1 heterocycles. The molecule has 0 spiro atoms. The smallest absolute Gasteiger partial charge is 0.275 e. The second-order valence-corrected chi connectivity index (χ2v) is 2.27. The van der Waals surface area contributed by atoms with Crippen LogP contribution in [-0.4, -0.2) is 16.9 Å². The summed E-state index contributed by atoms with van der Waals surface area (Å²) in [6.45, 7) is 0. The Balaban J connectivity index is 2.48. The number of nitrogens with one attached hydrogen (secondary N) is 3. The molecule has 0 saturated heterocycles. The fourth-order valence-corrected chi connectivity index (χ4v) is 0.711. The molecule has 3 amide bonds. The number of aromatic nitrogens is 1. The van der Waals surface area contributed by atoms with E-state index in [9.17, 15) is 9.59 Å². The highest BCUT2D eigenvalue weighted by Crippen LogP contribution is 1.91. The van der Waals surface area contributed by atoms with Gasteiger partial charge >= 0.3 is 6.03 Å². The Labute approximate surface area is 79.6 Å². The highest BCUT2D eigenvalue weighted by molar-refractivity contribution is 5.93. The number of amides is 3. The summed E-state index contributed by atoms with van der Waals surface area (Å²) >= 11 is 0. The zero-order chi connectivity index (χ0) is 10.4. The van der Waals surface area contributed by atoms with E-state index in [4.69, 9.17) is 5.84 Å². The molecule has 0 aliphatic carbocycles. The molecular weight excluding hydrogens is 186 g/mol. The third-order valence-electron chi connectivity index (χ3n) is 1.32.